The molecule has 118 valence electrons. The van der Waals surface area contributed by atoms with E-state index in [1.165, 1.54) is 0 Å². The van der Waals surface area contributed by atoms with E-state index >= 15 is 0 Å². The number of hydrogen-bond acceptors (Lipinski definition) is 4. The highest BCUT2D eigenvalue weighted by Gasteiger charge is 2.23. The first kappa shape index (κ1) is 16.3. The Balaban J connectivity index is 1.89. The van der Waals surface area contributed by atoms with Crippen LogP contribution in [0.2, 0.25) is 0 Å². The van der Waals surface area contributed by atoms with Gasteiger partial charge in [-0.15, -0.1) is 0 Å². The molecule has 0 bridgehead atoms. The predicted molar refractivity (Wildman–Crippen MR) is 85.6 cm³/mol. The minimum Gasteiger partial charge on any atom is -0.494 e. The summed E-state index contributed by atoms with van der Waals surface area (Å²) in [5.74, 6) is 0.918. The van der Waals surface area contributed by atoms with Gasteiger partial charge in [-0.1, -0.05) is 19.1 Å². The molecule has 4 heteroatoms. The van der Waals surface area contributed by atoms with E-state index in [0.29, 0.717) is 0 Å². The van der Waals surface area contributed by atoms with Gasteiger partial charge in [-0.2, -0.15) is 0 Å². The zero-order chi connectivity index (χ0) is 15.2. The van der Waals surface area contributed by atoms with Gasteiger partial charge in [-0.25, -0.2) is 0 Å². The van der Waals surface area contributed by atoms with Crippen LogP contribution in [0.1, 0.15) is 38.8 Å². The Bertz CT molecular complexity index is 411. The molecule has 2 rings (SSSR count). The molecule has 1 aliphatic heterocycles. The molecule has 1 fully saturated rings. The first-order valence-electron chi connectivity index (χ1n) is 7.94. The van der Waals surface area contributed by atoms with Crippen LogP contribution in [0.5, 0.6) is 5.75 Å². The predicted octanol–water partition coefficient (Wildman–Crippen LogP) is 2.58. The Hall–Kier alpha value is -1.10. The first-order chi connectivity index (χ1) is 10.1. The fourth-order valence-corrected chi connectivity index (χ4v) is 2.85. The number of rotatable bonds is 6. The Morgan fingerprint density at radius 2 is 1.86 bits per heavy atom. The fraction of sp³-hybridized carbons (Fsp3) is 0.647. The molecule has 4 nitrogen and oxygen atoms in total. The van der Waals surface area contributed by atoms with Gasteiger partial charge in [0.05, 0.1) is 18.8 Å². The minimum atomic E-state index is 0.0303. The third-order valence-electron chi connectivity index (χ3n) is 3.73. The fourth-order valence-electron chi connectivity index (χ4n) is 2.85. The van der Waals surface area contributed by atoms with Crippen LogP contribution in [0, 0.1) is 0 Å². The number of morpholine rings is 1. The Morgan fingerprint density at radius 3 is 2.43 bits per heavy atom. The van der Waals surface area contributed by atoms with Crippen molar-refractivity contribution in [1.29, 1.82) is 0 Å². The molecule has 21 heavy (non-hydrogen) atoms. The lowest BCUT2D eigenvalue weighted by molar-refractivity contribution is -0.0691. The molecule has 1 saturated heterocycles. The van der Waals surface area contributed by atoms with Crippen molar-refractivity contribution in [2.75, 3.05) is 26.2 Å². The Morgan fingerprint density at radius 1 is 1.24 bits per heavy atom. The van der Waals surface area contributed by atoms with E-state index in [2.05, 4.69) is 37.8 Å². The van der Waals surface area contributed by atoms with Crippen LogP contribution in [-0.2, 0) is 4.74 Å². The maximum atomic E-state index is 6.34. The SMILES string of the molecule is CCCOc1ccc(C(N)CN2CC(C)OC(C)C2)cc1. The van der Waals surface area contributed by atoms with Crippen LogP contribution in [0.4, 0.5) is 0 Å². The van der Waals surface area contributed by atoms with Gasteiger partial charge in [-0.05, 0) is 38.0 Å². The number of hydrogen-bond donors (Lipinski definition) is 1. The van der Waals surface area contributed by atoms with Crippen molar-refractivity contribution in [3.63, 3.8) is 0 Å². The molecule has 1 aromatic rings. The average Bonchev–Trinajstić information content (AvgIpc) is 2.44. The van der Waals surface area contributed by atoms with Crippen LogP contribution in [0.25, 0.3) is 0 Å². The van der Waals surface area contributed by atoms with Crippen LogP contribution >= 0.6 is 0 Å². The van der Waals surface area contributed by atoms with Crippen molar-refractivity contribution in [3.05, 3.63) is 29.8 Å². The van der Waals surface area contributed by atoms with Gasteiger partial charge in [0.25, 0.3) is 0 Å². The number of nitrogens with two attached hydrogens (primary N) is 1. The molecule has 0 amide bonds. The molecule has 0 spiro atoms. The van der Waals surface area contributed by atoms with Crippen molar-refractivity contribution in [2.45, 2.75) is 45.4 Å². The monoisotopic (exact) mass is 292 g/mol. The Kier molecular flexibility index (Phi) is 6.03. The molecule has 1 heterocycles. The summed E-state index contributed by atoms with van der Waals surface area (Å²) >= 11 is 0. The van der Waals surface area contributed by atoms with Crippen molar-refractivity contribution in [3.8, 4) is 5.75 Å². The quantitative estimate of drug-likeness (QED) is 0.875. The molecule has 1 aromatic carbocycles. The van der Waals surface area contributed by atoms with Crippen molar-refractivity contribution in [2.24, 2.45) is 5.73 Å². The van der Waals surface area contributed by atoms with Gasteiger partial charge < -0.3 is 15.2 Å². The van der Waals surface area contributed by atoms with E-state index in [-0.39, 0.29) is 18.2 Å². The van der Waals surface area contributed by atoms with Gasteiger partial charge in [0, 0.05) is 25.7 Å². The van der Waals surface area contributed by atoms with Gasteiger partial charge in [-0.3, -0.25) is 4.90 Å². The topological polar surface area (TPSA) is 47.7 Å². The van der Waals surface area contributed by atoms with Crippen molar-refractivity contribution >= 4 is 0 Å². The maximum Gasteiger partial charge on any atom is 0.119 e. The summed E-state index contributed by atoms with van der Waals surface area (Å²) in [5, 5.41) is 0. The summed E-state index contributed by atoms with van der Waals surface area (Å²) in [6.45, 7) is 9.88. The summed E-state index contributed by atoms with van der Waals surface area (Å²) in [6, 6.07) is 8.19. The smallest absolute Gasteiger partial charge is 0.119 e. The molecule has 3 unspecified atom stereocenters. The summed E-state index contributed by atoms with van der Waals surface area (Å²) in [7, 11) is 0. The second-order valence-electron chi connectivity index (χ2n) is 6.00. The van der Waals surface area contributed by atoms with E-state index in [1.54, 1.807) is 0 Å². The van der Waals surface area contributed by atoms with E-state index in [1.807, 2.05) is 12.1 Å². The lowest BCUT2D eigenvalue weighted by Gasteiger charge is -2.36. The lowest BCUT2D eigenvalue weighted by Crippen LogP contribution is -2.47. The molecule has 0 radical (unpaired) electrons. The molecule has 0 aromatic heterocycles. The zero-order valence-electron chi connectivity index (χ0n) is 13.4. The van der Waals surface area contributed by atoms with Gasteiger partial charge in [0.15, 0.2) is 0 Å². The maximum absolute atomic E-state index is 6.34. The van der Waals surface area contributed by atoms with Crippen molar-refractivity contribution in [1.82, 2.24) is 4.90 Å². The number of nitrogens with zero attached hydrogens (tertiary/aromatic N) is 1. The second kappa shape index (κ2) is 7.78. The summed E-state index contributed by atoms with van der Waals surface area (Å²) < 4.78 is 11.4. The normalized spacial score (nSPS) is 24.8. The Labute approximate surface area is 128 Å². The first-order valence-corrected chi connectivity index (χ1v) is 7.94. The molecule has 0 saturated carbocycles. The van der Waals surface area contributed by atoms with E-state index in [4.69, 9.17) is 15.2 Å². The van der Waals surface area contributed by atoms with Crippen LogP contribution < -0.4 is 10.5 Å². The van der Waals surface area contributed by atoms with Gasteiger partial charge in [0.1, 0.15) is 5.75 Å². The van der Waals surface area contributed by atoms with Gasteiger partial charge >= 0.3 is 0 Å². The largest absolute Gasteiger partial charge is 0.494 e. The number of benzene rings is 1. The van der Waals surface area contributed by atoms with Crippen LogP contribution in [-0.4, -0.2) is 43.3 Å². The molecular weight excluding hydrogens is 264 g/mol. The van der Waals surface area contributed by atoms with Crippen molar-refractivity contribution < 1.29 is 9.47 Å². The van der Waals surface area contributed by atoms with Gasteiger partial charge in [0.2, 0.25) is 0 Å². The third-order valence-corrected chi connectivity index (χ3v) is 3.73. The molecule has 2 N–H and O–H groups in total. The van der Waals surface area contributed by atoms with Crippen LogP contribution in [0.3, 0.4) is 0 Å². The van der Waals surface area contributed by atoms with E-state index in [9.17, 15) is 0 Å². The van der Waals surface area contributed by atoms with E-state index < -0.39 is 0 Å². The summed E-state index contributed by atoms with van der Waals surface area (Å²) in [4.78, 5) is 2.39. The number of ether oxygens (including phenoxy) is 2. The highest BCUT2D eigenvalue weighted by molar-refractivity contribution is 5.29. The molecule has 0 aliphatic carbocycles. The molecular formula is C17H28N2O2. The highest BCUT2D eigenvalue weighted by atomic mass is 16.5. The minimum absolute atomic E-state index is 0.0303. The van der Waals surface area contributed by atoms with Crippen LogP contribution in [0.15, 0.2) is 24.3 Å². The standard InChI is InChI=1S/C17H28N2O2/c1-4-9-20-16-7-5-15(6-8-16)17(18)12-19-10-13(2)21-14(3)11-19/h5-8,13-14,17H,4,9-12,18H2,1-3H3. The van der Waals surface area contributed by atoms with E-state index in [0.717, 1.165) is 44.0 Å². The average molecular weight is 292 g/mol. The zero-order valence-corrected chi connectivity index (χ0v) is 13.4. The second-order valence-corrected chi connectivity index (χ2v) is 6.00. The molecule has 3 atom stereocenters. The summed E-state index contributed by atoms with van der Waals surface area (Å²) in [5.41, 5.74) is 7.50. The lowest BCUT2D eigenvalue weighted by atomic mass is 10.1. The molecule has 1 aliphatic rings. The highest BCUT2D eigenvalue weighted by Crippen LogP contribution is 2.19. The summed E-state index contributed by atoms with van der Waals surface area (Å²) in [6.07, 6.45) is 1.59. The third kappa shape index (κ3) is 4.99.